The third-order valence-electron chi connectivity index (χ3n) is 5.41. The standard InChI is InChI=1S/C17H34N2O/c1-3-17(20)14-18-11-7-16(8-12-18)9-13-19-10-5-4-6-15(19)2/h15-17,20H,3-14H2,1-2H3. The Morgan fingerprint density at radius 1 is 1.10 bits per heavy atom. The molecule has 0 aromatic carbocycles. The van der Waals surface area contributed by atoms with Crippen molar-refractivity contribution in [3.63, 3.8) is 0 Å². The molecule has 0 aromatic heterocycles. The number of aliphatic hydroxyl groups excluding tert-OH is 1. The number of aliphatic hydroxyl groups is 1. The van der Waals surface area contributed by atoms with E-state index in [2.05, 4.69) is 23.6 Å². The van der Waals surface area contributed by atoms with Crippen LogP contribution in [0.15, 0.2) is 0 Å². The average molecular weight is 282 g/mol. The number of likely N-dealkylation sites (tertiary alicyclic amines) is 2. The maximum Gasteiger partial charge on any atom is 0.0664 e. The topological polar surface area (TPSA) is 26.7 Å². The van der Waals surface area contributed by atoms with Crippen molar-refractivity contribution in [3.8, 4) is 0 Å². The Labute approximate surface area is 125 Å². The van der Waals surface area contributed by atoms with E-state index in [9.17, 15) is 5.11 Å². The van der Waals surface area contributed by atoms with E-state index in [4.69, 9.17) is 0 Å². The Morgan fingerprint density at radius 2 is 1.85 bits per heavy atom. The van der Waals surface area contributed by atoms with Gasteiger partial charge in [0.25, 0.3) is 0 Å². The SMILES string of the molecule is CCC(O)CN1CCC(CCN2CCCCC2C)CC1. The summed E-state index contributed by atoms with van der Waals surface area (Å²) >= 11 is 0. The maximum atomic E-state index is 9.73. The first kappa shape index (κ1) is 16.3. The van der Waals surface area contributed by atoms with Crippen LogP contribution in [0.4, 0.5) is 0 Å². The van der Waals surface area contributed by atoms with Crippen LogP contribution in [0.2, 0.25) is 0 Å². The molecule has 2 fully saturated rings. The molecule has 0 radical (unpaired) electrons. The minimum atomic E-state index is -0.124. The molecule has 2 saturated heterocycles. The lowest BCUT2D eigenvalue weighted by atomic mass is 9.92. The summed E-state index contributed by atoms with van der Waals surface area (Å²) in [5.41, 5.74) is 0. The van der Waals surface area contributed by atoms with Crippen LogP contribution in [0.1, 0.15) is 58.8 Å². The van der Waals surface area contributed by atoms with E-state index in [1.54, 1.807) is 0 Å². The second-order valence-electron chi connectivity index (χ2n) is 6.98. The Hall–Kier alpha value is -0.120. The summed E-state index contributed by atoms with van der Waals surface area (Å²) in [5, 5.41) is 9.73. The van der Waals surface area contributed by atoms with Crippen LogP contribution in [0.3, 0.4) is 0 Å². The van der Waals surface area contributed by atoms with Crippen molar-refractivity contribution < 1.29 is 5.11 Å². The van der Waals surface area contributed by atoms with Gasteiger partial charge in [-0.1, -0.05) is 13.3 Å². The van der Waals surface area contributed by atoms with Crippen molar-refractivity contribution >= 4 is 0 Å². The lowest BCUT2D eigenvalue weighted by Gasteiger charge is -2.36. The van der Waals surface area contributed by atoms with Gasteiger partial charge in [-0.3, -0.25) is 0 Å². The summed E-state index contributed by atoms with van der Waals surface area (Å²) in [6.07, 6.45) is 9.03. The summed E-state index contributed by atoms with van der Waals surface area (Å²) in [6, 6.07) is 0.809. The molecular formula is C17H34N2O. The highest BCUT2D eigenvalue weighted by Gasteiger charge is 2.23. The molecule has 0 saturated carbocycles. The highest BCUT2D eigenvalue weighted by Crippen LogP contribution is 2.23. The molecule has 0 bridgehead atoms. The number of hydrogen-bond acceptors (Lipinski definition) is 3. The summed E-state index contributed by atoms with van der Waals surface area (Å²) in [5.74, 6) is 0.916. The smallest absolute Gasteiger partial charge is 0.0664 e. The zero-order valence-electron chi connectivity index (χ0n) is 13.6. The van der Waals surface area contributed by atoms with Crippen LogP contribution in [-0.2, 0) is 0 Å². The molecule has 2 heterocycles. The van der Waals surface area contributed by atoms with E-state index < -0.39 is 0 Å². The maximum absolute atomic E-state index is 9.73. The summed E-state index contributed by atoms with van der Waals surface area (Å²) < 4.78 is 0. The van der Waals surface area contributed by atoms with Gasteiger partial charge in [-0.15, -0.1) is 0 Å². The van der Waals surface area contributed by atoms with E-state index in [0.29, 0.717) is 0 Å². The van der Waals surface area contributed by atoms with Crippen LogP contribution in [0.5, 0.6) is 0 Å². The Balaban J connectivity index is 1.62. The molecule has 2 atom stereocenters. The zero-order valence-corrected chi connectivity index (χ0v) is 13.6. The molecule has 0 aliphatic carbocycles. The first-order valence-electron chi connectivity index (χ1n) is 8.83. The second kappa shape index (κ2) is 8.35. The molecule has 118 valence electrons. The van der Waals surface area contributed by atoms with E-state index in [1.807, 2.05) is 0 Å². The zero-order chi connectivity index (χ0) is 14.4. The van der Waals surface area contributed by atoms with Crippen molar-refractivity contribution in [2.45, 2.75) is 70.9 Å². The summed E-state index contributed by atoms with van der Waals surface area (Å²) in [4.78, 5) is 5.16. The van der Waals surface area contributed by atoms with E-state index in [1.165, 1.54) is 64.7 Å². The molecule has 2 aliphatic rings. The first-order chi connectivity index (χ1) is 9.69. The molecule has 0 aromatic rings. The lowest BCUT2D eigenvalue weighted by Crippen LogP contribution is -2.41. The van der Waals surface area contributed by atoms with Crippen LogP contribution in [-0.4, -0.2) is 59.8 Å². The van der Waals surface area contributed by atoms with Crippen LogP contribution < -0.4 is 0 Å². The van der Waals surface area contributed by atoms with Gasteiger partial charge in [-0.2, -0.15) is 0 Å². The number of piperidine rings is 2. The Morgan fingerprint density at radius 3 is 2.50 bits per heavy atom. The predicted octanol–water partition coefficient (Wildman–Crippen LogP) is 2.73. The largest absolute Gasteiger partial charge is 0.392 e. The summed E-state index contributed by atoms with van der Waals surface area (Å²) in [6.45, 7) is 10.4. The first-order valence-corrected chi connectivity index (χ1v) is 8.83. The van der Waals surface area contributed by atoms with Crippen molar-refractivity contribution in [1.82, 2.24) is 9.80 Å². The fraction of sp³-hybridized carbons (Fsp3) is 1.00. The third kappa shape index (κ3) is 5.01. The molecule has 2 unspecified atom stereocenters. The van der Waals surface area contributed by atoms with E-state index in [-0.39, 0.29) is 6.10 Å². The van der Waals surface area contributed by atoms with E-state index in [0.717, 1.165) is 24.9 Å². The Kier molecular flexibility index (Phi) is 6.79. The van der Waals surface area contributed by atoms with Crippen molar-refractivity contribution in [2.24, 2.45) is 5.92 Å². The predicted molar refractivity (Wildman–Crippen MR) is 85.0 cm³/mol. The second-order valence-corrected chi connectivity index (χ2v) is 6.98. The van der Waals surface area contributed by atoms with Gasteiger partial charge >= 0.3 is 0 Å². The van der Waals surface area contributed by atoms with Crippen LogP contribution >= 0.6 is 0 Å². The minimum absolute atomic E-state index is 0.124. The number of rotatable bonds is 6. The van der Waals surface area contributed by atoms with Gasteiger partial charge in [0, 0.05) is 12.6 Å². The number of β-amino-alcohol motifs (C(OH)–C–C–N with tert-alkyl or cyclic N) is 1. The molecule has 3 heteroatoms. The highest BCUT2D eigenvalue weighted by molar-refractivity contribution is 4.78. The quantitative estimate of drug-likeness (QED) is 0.811. The van der Waals surface area contributed by atoms with Gasteiger partial charge in [0.15, 0.2) is 0 Å². The number of hydrogen-bond donors (Lipinski definition) is 1. The molecular weight excluding hydrogens is 248 g/mol. The fourth-order valence-corrected chi connectivity index (χ4v) is 3.72. The molecule has 1 N–H and O–H groups in total. The Bertz CT molecular complexity index is 264. The minimum Gasteiger partial charge on any atom is -0.392 e. The van der Waals surface area contributed by atoms with E-state index >= 15 is 0 Å². The highest BCUT2D eigenvalue weighted by atomic mass is 16.3. The number of nitrogens with zero attached hydrogens (tertiary/aromatic N) is 2. The van der Waals surface area contributed by atoms with Crippen LogP contribution in [0.25, 0.3) is 0 Å². The normalized spacial score (nSPS) is 28.6. The molecule has 2 rings (SSSR count). The lowest BCUT2D eigenvalue weighted by molar-refractivity contribution is 0.0802. The molecule has 20 heavy (non-hydrogen) atoms. The fourth-order valence-electron chi connectivity index (χ4n) is 3.72. The average Bonchev–Trinajstić information content (AvgIpc) is 2.48. The molecule has 3 nitrogen and oxygen atoms in total. The van der Waals surface area contributed by atoms with Crippen molar-refractivity contribution in [3.05, 3.63) is 0 Å². The molecule has 0 amide bonds. The third-order valence-corrected chi connectivity index (χ3v) is 5.41. The van der Waals surface area contributed by atoms with Gasteiger partial charge in [-0.05, 0) is 77.5 Å². The van der Waals surface area contributed by atoms with Gasteiger partial charge in [-0.25, -0.2) is 0 Å². The molecule has 2 aliphatic heterocycles. The van der Waals surface area contributed by atoms with Gasteiger partial charge in [0.1, 0.15) is 0 Å². The van der Waals surface area contributed by atoms with Crippen LogP contribution in [0, 0.1) is 5.92 Å². The molecule has 0 spiro atoms. The van der Waals surface area contributed by atoms with Gasteiger partial charge in [0.2, 0.25) is 0 Å². The van der Waals surface area contributed by atoms with Crippen molar-refractivity contribution in [1.29, 1.82) is 0 Å². The summed E-state index contributed by atoms with van der Waals surface area (Å²) in [7, 11) is 0. The van der Waals surface area contributed by atoms with Gasteiger partial charge < -0.3 is 14.9 Å². The van der Waals surface area contributed by atoms with Crippen molar-refractivity contribution in [2.75, 3.05) is 32.7 Å². The van der Waals surface area contributed by atoms with Gasteiger partial charge in [0.05, 0.1) is 6.10 Å². The monoisotopic (exact) mass is 282 g/mol.